The van der Waals surface area contributed by atoms with E-state index in [1.54, 1.807) is 11.5 Å². The summed E-state index contributed by atoms with van der Waals surface area (Å²) in [6, 6.07) is 11.1. The number of para-hydroxylation sites is 1. The Morgan fingerprint density at radius 3 is 2.73 bits per heavy atom. The number of hydrogen-bond donors (Lipinski definition) is 0. The monoisotopic (exact) mass is 372 g/mol. The van der Waals surface area contributed by atoms with Crippen molar-refractivity contribution in [2.75, 3.05) is 6.61 Å². The second-order valence-corrected chi connectivity index (χ2v) is 6.63. The van der Waals surface area contributed by atoms with Crippen LogP contribution in [0.4, 0.5) is 4.39 Å². The summed E-state index contributed by atoms with van der Waals surface area (Å²) in [6.07, 6.45) is 0. The van der Waals surface area contributed by atoms with E-state index in [1.165, 1.54) is 29.5 Å². The Hall–Kier alpha value is -2.80. The van der Waals surface area contributed by atoms with E-state index in [4.69, 9.17) is 4.74 Å². The molecule has 0 saturated carbocycles. The number of hydrogen-bond acceptors (Lipinski definition) is 4. The standard InChI is InChI=1S/C19H17FN2O3S/c1-3-25-16(23)11-22-17-12(2)6-4-9-15(17)26-19(22)21-18(24)13-7-5-8-14(20)10-13/h4-10H,3,11H2,1-2H3. The molecule has 2 aromatic carbocycles. The molecule has 0 unspecified atom stereocenters. The van der Waals surface area contributed by atoms with E-state index in [9.17, 15) is 14.0 Å². The van der Waals surface area contributed by atoms with Gasteiger partial charge in [-0.15, -0.1) is 0 Å². The second-order valence-electron chi connectivity index (χ2n) is 5.62. The van der Waals surface area contributed by atoms with E-state index < -0.39 is 17.7 Å². The van der Waals surface area contributed by atoms with Crippen LogP contribution in [-0.4, -0.2) is 23.1 Å². The average molecular weight is 372 g/mol. The summed E-state index contributed by atoms with van der Waals surface area (Å²) in [4.78, 5) is 28.9. The quantitative estimate of drug-likeness (QED) is 0.659. The molecular weight excluding hydrogens is 355 g/mol. The Morgan fingerprint density at radius 1 is 1.23 bits per heavy atom. The van der Waals surface area contributed by atoms with Crippen molar-refractivity contribution in [1.82, 2.24) is 4.57 Å². The Labute approximate surface area is 153 Å². The Kier molecular flexibility index (Phi) is 5.27. The van der Waals surface area contributed by atoms with Crippen molar-refractivity contribution >= 4 is 33.4 Å². The Balaban J connectivity index is 2.13. The van der Waals surface area contributed by atoms with Gasteiger partial charge in [0.15, 0.2) is 4.80 Å². The minimum absolute atomic E-state index is 0.0477. The molecule has 1 aromatic heterocycles. The third-order valence-electron chi connectivity index (χ3n) is 3.76. The molecule has 134 valence electrons. The zero-order chi connectivity index (χ0) is 18.7. The second kappa shape index (κ2) is 7.61. The first-order valence-corrected chi connectivity index (χ1v) is 8.90. The maximum absolute atomic E-state index is 13.4. The zero-order valence-electron chi connectivity index (χ0n) is 14.4. The number of ether oxygens (including phenoxy) is 1. The normalized spacial score (nSPS) is 11.7. The van der Waals surface area contributed by atoms with Crippen LogP contribution in [0, 0.1) is 12.7 Å². The fraction of sp³-hybridized carbons (Fsp3) is 0.211. The molecule has 0 fully saturated rings. The van der Waals surface area contributed by atoms with E-state index in [0.29, 0.717) is 4.80 Å². The van der Waals surface area contributed by atoms with Crippen LogP contribution in [0.3, 0.4) is 0 Å². The van der Waals surface area contributed by atoms with Gasteiger partial charge in [0.05, 0.1) is 16.8 Å². The van der Waals surface area contributed by atoms with E-state index in [2.05, 4.69) is 4.99 Å². The molecule has 0 N–H and O–H groups in total. The number of nitrogens with zero attached hydrogens (tertiary/aromatic N) is 2. The molecule has 0 bridgehead atoms. The third kappa shape index (κ3) is 3.72. The molecule has 1 amide bonds. The molecule has 0 aliphatic heterocycles. The summed E-state index contributed by atoms with van der Waals surface area (Å²) in [5, 5.41) is 0. The Bertz CT molecular complexity index is 1050. The number of aromatic nitrogens is 1. The summed E-state index contributed by atoms with van der Waals surface area (Å²) in [5.41, 5.74) is 1.95. The third-order valence-corrected chi connectivity index (χ3v) is 4.81. The molecule has 5 nitrogen and oxygen atoms in total. The molecule has 7 heteroatoms. The Morgan fingerprint density at radius 2 is 2.00 bits per heavy atom. The first-order chi connectivity index (χ1) is 12.5. The van der Waals surface area contributed by atoms with E-state index >= 15 is 0 Å². The summed E-state index contributed by atoms with van der Waals surface area (Å²) in [7, 11) is 0. The van der Waals surface area contributed by atoms with Gasteiger partial charge in [-0.05, 0) is 43.7 Å². The SMILES string of the molecule is CCOC(=O)Cn1c(=NC(=O)c2cccc(F)c2)sc2cccc(C)c21. The van der Waals surface area contributed by atoms with Gasteiger partial charge in [0, 0.05) is 5.56 Å². The van der Waals surface area contributed by atoms with Gasteiger partial charge >= 0.3 is 5.97 Å². The molecule has 3 rings (SSSR count). The molecule has 0 spiro atoms. The summed E-state index contributed by atoms with van der Waals surface area (Å²) >= 11 is 1.30. The number of aryl methyl sites for hydroxylation is 1. The van der Waals surface area contributed by atoms with Crippen molar-refractivity contribution in [2.45, 2.75) is 20.4 Å². The number of benzene rings is 2. The maximum atomic E-state index is 13.4. The van der Waals surface area contributed by atoms with Crippen molar-refractivity contribution in [3.63, 3.8) is 0 Å². The lowest BCUT2D eigenvalue weighted by Gasteiger charge is -2.06. The molecule has 1 heterocycles. The number of thiazole rings is 1. The van der Waals surface area contributed by atoms with Crippen LogP contribution in [0.1, 0.15) is 22.8 Å². The van der Waals surface area contributed by atoms with E-state index in [0.717, 1.165) is 21.8 Å². The molecule has 3 aromatic rings. The molecule has 0 saturated heterocycles. The van der Waals surface area contributed by atoms with Crippen LogP contribution in [0.15, 0.2) is 47.5 Å². The molecule has 26 heavy (non-hydrogen) atoms. The molecule has 0 aliphatic rings. The zero-order valence-corrected chi connectivity index (χ0v) is 15.2. The highest BCUT2D eigenvalue weighted by molar-refractivity contribution is 7.16. The lowest BCUT2D eigenvalue weighted by Crippen LogP contribution is -2.23. The average Bonchev–Trinajstić information content (AvgIpc) is 2.93. The fourth-order valence-electron chi connectivity index (χ4n) is 2.65. The van der Waals surface area contributed by atoms with Gasteiger partial charge in [0.1, 0.15) is 12.4 Å². The van der Waals surface area contributed by atoms with Crippen LogP contribution in [0.25, 0.3) is 10.2 Å². The highest BCUT2D eigenvalue weighted by Gasteiger charge is 2.14. The molecule has 0 radical (unpaired) electrons. The topological polar surface area (TPSA) is 60.7 Å². The number of fused-ring (bicyclic) bond motifs is 1. The van der Waals surface area contributed by atoms with Crippen molar-refractivity contribution in [2.24, 2.45) is 4.99 Å². The lowest BCUT2D eigenvalue weighted by atomic mass is 10.2. The highest BCUT2D eigenvalue weighted by atomic mass is 32.1. The number of rotatable bonds is 4. The van der Waals surface area contributed by atoms with Crippen LogP contribution in [0.5, 0.6) is 0 Å². The molecule has 0 aliphatic carbocycles. The van der Waals surface area contributed by atoms with Gasteiger partial charge in [-0.25, -0.2) is 4.39 Å². The lowest BCUT2D eigenvalue weighted by molar-refractivity contribution is -0.143. The first kappa shape index (κ1) is 18.0. The minimum atomic E-state index is -0.564. The van der Waals surface area contributed by atoms with Crippen LogP contribution >= 0.6 is 11.3 Å². The van der Waals surface area contributed by atoms with Crippen LogP contribution < -0.4 is 4.80 Å². The van der Waals surface area contributed by atoms with Crippen LogP contribution in [0.2, 0.25) is 0 Å². The largest absolute Gasteiger partial charge is 0.465 e. The first-order valence-electron chi connectivity index (χ1n) is 8.08. The van der Waals surface area contributed by atoms with E-state index in [-0.39, 0.29) is 18.7 Å². The summed E-state index contributed by atoms with van der Waals surface area (Å²) < 4.78 is 21.0. The number of esters is 1. The predicted molar refractivity (Wildman–Crippen MR) is 97.5 cm³/mol. The number of amides is 1. The van der Waals surface area contributed by atoms with Gasteiger partial charge in [-0.2, -0.15) is 4.99 Å². The number of carbonyl (C=O) groups is 2. The fourth-order valence-corrected chi connectivity index (χ4v) is 3.75. The molecule has 0 atom stereocenters. The van der Waals surface area contributed by atoms with E-state index in [1.807, 2.05) is 25.1 Å². The van der Waals surface area contributed by atoms with Crippen molar-refractivity contribution in [3.05, 3.63) is 64.2 Å². The van der Waals surface area contributed by atoms with Gasteiger partial charge in [0.25, 0.3) is 5.91 Å². The van der Waals surface area contributed by atoms with Crippen molar-refractivity contribution in [3.8, 4) is 0 Å². The van der Waals surface area contributed by atoms with Gasteiger partial charge in [0.2, 0.25) is 0 Å². The minimum Gasteiger partial charge on any atom is -0.465 e. The number of carbonyl (C=O) groups excluding carboxylic acids is 2. The van der Waals surface area contributed by atoms with Crippen LogP contribution in [-0.2, 0) is 16.1 Å². The molecular formula is C19H17FN2O3S. The van der Waals surface area contributed by atoms with Crippen molar-refractivity contribution < 1.29 is 18.7 Å². The summed E-state index contributed by atoms with van der Waals surface area (Å²) in [5.74, 6) is -1.47. The smallest absolute Gasteiger partial charge is 0.326 e. The van der Waals surface area contributed by atoms with Gasteiger partial charge in [-0.3, -0.25) is 9.59 Å². The van der Waals surface area contributed by atoms with Crippen molar-refractivity contribution in [1.29, 1.82) is 0 Å². The predicted octanol–water partition coefficient (Wildman–Crippen LogP) is 3.45. The maximum Gasteiger partial charge on any atom is 0.326 e. The highest BCUT2D eigenvalue weighted by Crippen LogP contribution is 2.21. The number of halogens is 1. The summed E-state index contributed by atoms with van der Waals surface area (Å²) in [6.45, 7) is 3.89. The van der Waals surface area contributed by atoms with Gasteiger partial charge < -0.3 is 9.30 Å². The van der Waals surface area contributed by atoms with Gasteiger partial charge in [-0.1, -0.05) is 29.5 Å².